The van der Waals surface area contributed by atoms with E-state index in [0.717, 1.165) is 5.56 Å². The summed E-state index contributed by atoms with van der Waals surface area (Å²) in [6, 6.07) is 9.31. The van der Waals surface area contributed by atoms with E-state index in [2.05, 4.69) is 0 Å². The molecule has 2 atom stereocenters. The van der Waals surface area contributed by atoms with Crippen molar-refractivity contribution in [3.05, 3.63) is 35.9 Å². The Morgan fingerprint density at radius 2 is 1.75 bits per heavy atom. The van der Waals surface area contributed by atoms with Gasteiger partial charge in [-0.1, -0.05) is 37.3 Å². The summed E-state index contributed by atoms with van der Waals surface area (Å²) in [4.78, 5) is 24.9. The van der Waals surface area contributed by atoms with Crippen molar-refractivity contribution >= 4 is 24.2 Å². The Kier molecular flexibility index (Phi) is 7.87. The van der Waals surface area contributed by atoms with Gasteiger partial charge in [0.05, 0.1) is 12.6 Å². The van der Waals surface area contributed by atoms with Gasteiger partial charge in [0.1, 0.15) is 0 Å². The van der Waals surface area contributed by atoms with Gasteiger partial charge in [0, 0.05) is 12.5 Å². The van der Waals surface area contributed by atoms with Gasteiger partial charge in [0.25, 0.3) is 0 Å². The predicted molar refractivity (Wildman–Crippen MR) is 81.2 cm³/mol. The largest absolute Gasteiger partial charge is 0.368 e. The molecule has 0 saturated carbocycles. The summed E-state index contributed by atoms with van der Waals surface area (Å²) in [5.41, 5.74) is 11.7. The standard InChI is InChI=1S/C14H21N3O2.ClH/c1-10(8-15)14(19)17(9-13(16)18)11(2)12-6-4-3-5-7-12;/h3-7,10-11H,8-9,15H2,1-2H3,(H2,16,18);1H/t10?,11-;/m1./s1. The minimum absolute atomic E-state index is 0. The van der Waals surface area contributed by atoms with Crippen molar-refractivity contribution in [1.29, 1.82) is 0 Å². The number of halogens is 1. The zero-order valence-corrected chi connectivity index (χ0v) is 12.6. The van der Waals surface area contributed by atoms with Crippen LogP contribution in [0.25, 0.3) is 0 Å². The van der Waals surface area contributed by atoms with Crippen LogP contribution in [0.1, 0.15) is 25.5 Å². The lowest BCUT2D eigenvalue weighted by Gasteiger charge is -2.30. The van der Waals surface area contributed by atoms with E-state index in [1.165, 1.54) is 4.90 Å². The van der Waals surface area contributed by atoms with Gasteiger partial charge in [0.15, 0.2) is 0 Å². The van der Waals surface area contributed by atoms with Crippen LogP contribution in [0.4, 0.5) is 0 Å². The molecule has 1 aromatic rings. The van der Waals surface area contributed by atoms with E-state index in [-0.39, 0.29) is 43.4 Å². The average molecular weight is 300 g/mol. The number of benzene rings is 1. The van der Waals surface area contributed by atoms with Gasteiger partial charge in [-0.25, -0.2) is 0 Å². The molecule has 0 aliphatic rings. The first-order valence-electron chi connectivity index (χ1n) is 6.31. The lowest BCUT2D eigenvalue weighted by Crippen LogP contribution is -2.44. The molecule has 4 N–H and O–H groups in total. The van der Waals surface area contributed by atoms with E-state index < -0.39 is 5.91 Å². The summed E-state index contributed by atoms with van der Waals surface area (Å²) in [5.74, 6) is -1.01. The minimum Gasteiger partial charge on any atom is -0.368 e. The van der Waals surface area contributed by atoms with Crippen LogP contribution in [0.3, 0.4) is 0 Å². The monoisotopic (exact) mass is 299 g/mol. The summed E-state index contributed by atoms with van der Waals surface area (Å²) in [5, 5.41) is 0. The SMILES string of the molecule is CC(CN)C(=O)N(CC(N)=O)[C@H](C)c1ccccc1.Cl. The summed E-state index contributed by atoms with van der Waals surface area (Å²) in [6.45, 7) is 3.77. The highest BCUT2D eigenvalue weighted by Gasteiger charge is 2.26. The molecule has 0 aliphatic carbocycles. The van der Waals surface area contributed by atoms with E-state index in [4.69, 9.17) is 11.5 Å². The van der Waals surface area contributed by atoms with Crippen LogP contribution >= 0.6 is 12.4 Å². The highest BCUT2D eigenvalue weighted by molar-refractivity contribution is 5.85. The Labute approximate surface area is 125 Å². The van der Waals surface area contributed by atoms with E-state index in [1.807, 2.05) is 37.3 Å². The molecule has 0 radical (unpaired) electrons. The third-order valence-corrected chi connectivity index (χ3v) is 3.13. The Morgan fingerprint density at radius 1 is 1.20 bits per heavy atom. The van der Waals surface area contributed by atoms with Crippen molar-refractivity contribution in [2.75, 3.05) is 13.1 Å². The number of carbonyl (C=O) groups excluding carboxylic acids is 2. The molecule has 1 rings (SSSR count). The zero-order valence-electron chi connectivity index (χ0n) is 11.8. The van der Waals surface area contributed by atoms with Crippen LogP contribution in [-0.4, -0.2) is 29.8 Å². The van der Waals surface area contributed by atoms with E-state index in [1.54, 1.807) is 6.92 Å². The van der Waals surface area contributed by atoms with Gasteiger partial charge in [-0.3, -0.25) is 9.59 Å². The number of hydrogen-bond donors (Lipinski definition) is 2. The predicted octanol–water partition coefficient (Wildman–Crippen LogP) is 1.08. The molecule has 0 spiro atoms. The van der Waals surface area contributed by atoms with E-state index in [9.17, 15) is 9.59 Å². The molecule has 6 heteroatoms. The second-order valence-electron chi connectivity index (χ2n) is 4.66. The van der Waals surface area contributed by atoms with Crippen LogP contribution in [0.2, 0.25) is 0 Å². The Morgan fingerprint density at radius 3 is 2.20 bits per heavy atom. The molecule has 1 unspecified atom stereocenters. The van der Waals surface area contributed by atoms with Gasteiger partial charge in [-0.2, -0.15) is 0 Å². The highest BCUT2D eigenvalue weighted by Crippen LogP contribution is 2.21. The van der Waals surface area contributed by atoms with Gasteiger partial charge in [-0.05, 0) is 12.5 Å². The Bertz CT molecular complexity index is 439. The number of primary amides is 1. The number of nitrogens with zero attached hydrogens (tertiary/aromatic N) is 1. The fourth-order valence-corrected chi connectivity index (χ4v) is 1.87. The van der Waals surface area contributed by atoms with Crippen molar-refractivity contribution in [2.24, 2.45) is 17.4 Å². The molecule has 5 nitrogen and oxygen atoms in total. The minimum atomic E-state index is -0.527. The molecule has 20 heavy (non-hydrogen) atoms. The number of amides is 2. The van der Waals surface area contributed by atoms with Gasteiger partial charge in [-0.15, -0.1) is 12.4 Å². The normalized spacial score (nSPS) is 12.9. The third kappa shape index (κ3) is 4.83. The topological polar surface area (TPSA) is 89.4 Å². The molecular weight excluding hydrogens is 278 g/mol. The first-order valence-corrected chi connectivity index (χ1v) is 6.31. The smallest absolute Gasteiger partial charge is 0.237 e. The first kappa shape index (κ1) is 18.4. The van der Waals surface area contributed by atoms with Crippen molar-refractivity contribution in [2.45, 2.75) is 19.9 Å². The maximum Gasteiger partial charge on any atom is 0.237 e. The van der Waals surface area contributed by atoms with Crippen molar-refractivity contribution in [1.82, 2.24) is 4.90 Å². The molecule has 0 fully saturated rings. The van der Waals surface area contributed by atoms with Gasteiger partial charge >= 0.3 is 0 Å². The quantitative estimate of drug-likeness (QED) is 0.823. The fraction of sp³-hybridized carbons (Fsp3) is 0.429. The molecule has 0 bridgehead atoms. The lowest BCUT2D eigenvalue weighted by molar-refractivity contribution is -0.140. The number of rotatable bonds is 6. The van der Waals surface area contributed by atoms with Gasteiger partial charge in [0.2, 0.25) is 11.8 Å². The molecule has 0 aliphatic heterocycles. The molecule has 112 valence electrons. The Hall–Kier alpha value is -1.59. The maximum atomic E-state index is 12.3. The molecule has 0 aromatic heterocycles. The second kappa shape index (κ2) is 8.55. The zero-order chi connectivity index (χ0) is 14.4. The summed E-state index contributed by atoms with van der Waals surface area (Å²) in [6.07, 6.45) is 0. The van der Waals surface area contributed by atoms with Crippen LogP contribution in [-0.2, 0) is 9.59 Å². The van der Waals surface area contributed by atoms with E-state index in [0.29, 0.717) is 0 Å². The molecular formula is C14H22ClN3O2. The fourth-order valence-electron chi connectivity index (χ4n) is 1.87. The van der Waals surface area contributed by atoms with Crippen molar-refractivity contribution in [3.8, 4) is 0 Å². The number of nitrogens with two attached hydrogens (primary N) is 2. The average Bonchev–Trinajstić information content (AvgIpc) is 2.43. The van der Waals surface area contributed by atoms with Crippen molar-refractivity contribution < 1.29 is 9.59 Å². The maximum absolute atomic E-state index is 12.3. The Balaban J connectivity index is 0.00000361. The third-order valence-electron chi connectivity index (χ3n) is 3.13. The van der Waals surface area contributed by atoms with Crippen LogP contribution in [0.5, 0.6) is 0 Å². The first-order chi connectivity index (χ1) is 8.97. The lowest BCUT2D eigenvalue weighted by atomic mass is 10.0. The molecule has 0 saturated heterocycles. The molecule has 1 aromatic carbocycles. The van der Waals surface area contributed by atoms with E-state index >= 15 is 0 Å². The summed E-state index contributed by atoms with van der Waals surface area (Å²) < 4.78 is 0. The number of hydrogen-bond acceptors (Lipinski definition) is 3. The molecule has 0 heterocycles. The molecule has 2 amide bonds. The van der Waals surface area contributed by atoms with Crippen molar-refractivity contribution in [3.63, 3.8) is 0 Å². The summed E-state index contributed by atoms with van der Waals surface area (Å²) in [7, 11) is 0. The van der Waals surface area contributed by atoms with Crippen LogP contribution in [0, 0.1) is 5.92 Å². The van der Waals surface area contributed by atoms with Gasteiger partial charge < -0.3 is 16.4 Å². The second-order valence-corrected chi connectivity index (χ2v) is 4.66. The number of carbonyl (C=O) groups is 2. The van der Waals surface area contributed by atoms with Crippen LogP contribution < -0.4 is 11.5 Å². The summed E-state index contributed by atoms with van der Waals surface area (Å²) >= 11 is 0. The highest BCUT2D eigenvalue weighted by atomic mass is 35.5. The van der Waals surface area contributed by atoms with Crippen LogP contribution in [0.15, 0.2) is 30.3 Å².